The quantitative estimate of drug-likeness (QED) is 0.832. The highest BCUT2D eigenvalue weighted by Crippen LogP contribution is 2.49. The smallest absolute Gasteiger partial charge is 0.00982 e. The number of aryl methyl sites for hydroxylation is 1. The van der Waals surface area contributed by atoms with Gasteiger partial charge in [0.05, 0.1) is 0 Å². The lowest BCUT2D eigenvalue weighted by Crippen LogP contribution is -2.36. The van der Waals surface area contributed by atoms with Crippen LogP contribution in [0.5, 0.6) is 0 Å². The molecule has 2 aliphatic carbocycles. The molecule has 98 valence electrons. The molecule has 0 amide bonds. The van der Waals surface area contributed by atoms with Crippen LogP contribution >= 0.6 is 0 Å². The van der Waals surface area contributed by atoms with Crippen LogP contribution in [-0.2, 0) is 6.42 Å². The summed E-state index contributed by atoms with van der Waals surface area (Å²) in [6.45, 7) is 0. The molecule has 0 heterocycles. The second-order valence-electron chi connectivity index (χ2n) is 6.26. The number of nitrogens with one attached hydrogen (secondary N) is 1. The molecular formula is C17H25N. The summed E-state index contributed by atoms with van der Waals surface area (Å²) >= 11 is 0. The summed E-state index contributed by atoms with van der Waals surface area (Å²) in [6, 6.07) is 11.7. The molecule has 2 saturated carbocycles. The van der Waals surface area contributed by atoms with Crippen molar-refractivity contribution in [1.82, 2.24) is 5.32 Å². The zero-order chi connectivity index (χ0) is 12.4. The first kappa shape index (κ1) is 12.2. The van der Waals surface area contributed by atoms with Crippen LogP contribution in [0, 0.1) is 17.8 Å². The average molecular weight is 243 g/mol. The Morgan fingerprint density at radius 2 is 2.00 bits per heavy atom. The Kier molecular flexibility index (Phi) is 3.69. The Morgan fingerprint density at radius 1 is 1.17 bits per heavy atom. The molecule has 1 N–H and O–H groups in total. The van der Waals surface area contributed by atoms with Gasteiger partial charge in [-0.05, 0) is 62.5 Å². The molecule has 2 bridgehead atoms. The molecule has 18 heavy (non-hydrogen) atoms. The molecule has 0 radical (unpaired) electrons. The van der Waals surface area contributed by atoms with E-state index in [1.807, 2.05) is 0 Å². The minimum absolute atomic E-state index is 0.737. The number of rotatable bonds is 5. The minimum atomic E-state index is 0.737. The lowest BCUT2D eigenvalue weighted by atomic mass is 9.81. The van der Waals surface area contributed by atoms with Crippen molar-refractivity contribution in [3.05, 3.63) is 35.9 Å². The minimum Gasteiger partial charge on any atom is -0.317 e. The summed E-state index contributed by atoms with van der Waals surface area (Å²) in [5.74, 6) is 3.05. The Balaban J connectivity index is 1.57. The third kappa shape index (κ3) is 2.47. The molecule has 2 aliphatic rings. The Bertz CT molecular complexity index is 372. The van der Waals surface area contributed by atoms with Crippen LogP contribution < -0.4 is 5.32 Å². The first-order chi connectivity index (χ1) is 8.86. The number of hydrogen-bond acceptors (Lipinski definition) is 1. The maximum Gasteiger partial charge on any atom is 0.00982 e. The van der Waals surface area contributed by atoms with Crippen LogP contribution in [0.25, 0.3) is 0 Å². The Labute approximate surface area is 111 Å². The second kappa shape index (κ2) is 5.44. The van der Waals surface area contributed by atoms with Crippen molar-refractivity contribution in [2.45, 2.75) is 44.6 Å². The molecule has 2 fully saturated rings. The molecule has 1 aromatic rings. The summed E-state index contributed by atoms with van der Waals surface area (Å²) in [4.78, 5) is 0. The van der Waals surface area contributed by atoms with Gasteiger partial charge in [0.2, 0.25) is 0 Å². The number of benzene rings is 1. The van der Waals surface area contributed by atoms with E-state index in [1.165, 1.54) is 44.1 Å². The van der Waals surface area contributed by atoms with Gasteiger partial charge in [-0.2, -0.15) is 0 Å². The van der Waals surface area contributed by atoms with Crippen LogP contribution in [0.2, 0.25) is 0 Å². The molecular weight excluding hydrogens is 218 g/mol. The molecule has 3 rings (SSSR count). The maximum atomic E-state index is 3.60. The molecule has 0 aromatic heterocycles. The van der Waals surface area contributed by atoms with Gasteiger partial charge in [-0.15, -0.1) is 0 Å². The van der Waals surface area contributed by atoms with E-state index in [9.17, 15) is 0 Å². The van der Waals surface area contributed by atoms with Gasteiger partial charge < -0.3 is 5.32 Å². The van der Waals surface area contributed by atoms with Crippen LogP contribution in [-0.4, -0.2) is 13.1 Å². The first-order valence-corrected chi connectivity index (χ1v) is 7.58. The lowest BCUT2D eigenvalue weighted by Gasteiger charge is -2.30. The zero-order valence-corrected chi connectivity index (χ0v) is 11.4. The Morgan fingerprint density at radius 3 is 2.61 bits per heavy atom. The second-order valence-corrected chi connectivity index (χ2v) is 6.26. The fraction of sp³-hybridized carbons (Fsp3) is 0.647. The van der Waals surface area contributed by atoms with Gasteiger partial charge in [-0.3, -0.25) is 0 Å². The molecule has 0 spiro atoms. The highest BCUT2D eigenvalue weighted by Gasteiger charge is 2.42. The van der Waals surface area contributed by atoms with Crippen molar-refractivity contribution in [2.24, 2.45) is 17.8 Å². The molecule has 1 heteroatoms. The third-order valence-electron chi connectivity index (χ3n) is 5.27. The summed E-state index contributed by atoms with van der Waals surface area (Å²) in [5, 5.41) is 3.60. The summed E-state index contributed by atoms with van der Waals surface area (Å²) in [5.41, 5.74) is 1.49. The van der Waals surface area contributed by atoms with Gasteiger partial charge in [0.25, 0.3) is 0 Å². The average Bonchev–Trinajstić information content (AvgIpc) is 3.03. The highest BCUT2D eigenvalue weighted by molar-refractivity contribution is 5.15. The summed E-state index contributed by atoms with van der Waals surface area (Å²) in [7, 11) is 2.15. The maximum absolute atomic E-state index is 3.60. The molecule has 4 atom stereocenters. The monoisotopic (exact) mass is 243 g/mol. The Hall–Kier alpha value is -0.820. The molecule has 4 unspecified atom stereocenters. The van der Waals surface area contributed by atoms with E-state index in [1.54, 1.807) is 0 Å². The third-order valence-corrected chi connectivity index (χ3v) is 5.27. The van der Waals surface area contributed by atoms with Crippen molar-refractivity contribution >= 4 is 0 Å². The highest BCUT2D eigenvalue weighted by atomic mass is 14.9. The zero-order valence-electron chi connectivity index (χ0n) is 11.4. The molecule has 1 nitrogen and oxygen atoms in total. The van der Waals surface area contributed by atoms with Crippen molar-refractivity contribution < 1.29 is 0 Å². The van der Waals surface area contributed by atoms with E-state index in [-0.39, 0.29) is 0 Å². The van der Waals surface area contributed by atoms with Gasteiger partial charge in [0.15, 0.2) is 0 Å². The van der Waals surface area contributed by atoms with E-state index in [4.69, 9.17) is 0 Å². The fourth-order valence-corrected chi connectivity index (χ4v) is 4.33. The number of fused-ring (bicyclic) bond motifs is 2. The van der Waals surface area contributed by atoms with Crippen LogP contribution in [0.1, 0.15) is 37.7 Å². The fourth-order valence-electron chi connectivity index (χ4n) is 4.33. The van der Waals surface area contributed by atoms with E-state index < -0.39 is 0 Å². The van der Waals surface area contributed by atoms with Crippen molar-refractivity contribution in [3.63, 3.8) is 0 Å². The predicted molar refractivity (Wildman–Crippen MR) is 76.5 cm³/mol. The van der Waals surface area contributed by atoms with Gasteiger partial charge >= 0.3 is 0 Å². The first-order valence-electron chi connectivity index (χ1n) is 7.58. The van der Waals surface area contributed by atoms with Crippen molar-refractivity contribution in [2.75, 3.05) is 7.05 Å². The predicted octanol–water partition coefficient (Wildman–Crippen LogP) is 3.64. The van der Waals surface area contributed by atoms with Crippen molar-refractivity contribution in [3.8, 4) is 0 Å². The molecule has 1 aromatic carbocycles. The SMILES string of the molecule is CNC(CCc1ccccc1)C1CC2CCC1C2. The van der Waals surface area contributed by atoms with Gasteiger partial charge in [0, 0.05) is 6.04 Å². The standard InChI is InChI=1S/C17H25N/c1-18-17(10-8-13-5-3-2-4-6-13)16-12-14-7-9-15(16)11-14/h2-6,14-18H,7-12H2,1H3. The summed E-state index contributed by atoms with van der Waals surface area (Å²) in [6.07, 6.45) is 8.54. The van der Waals surface area contributed by atoms with Crippen LogP contribution in [0.3, 0.4) is 0 Å². The van der Waals surface area contributed by atoms with Crippen molar-refractivity contribution in [1.29, 1.82) is 0 Å². The van der Waals surface area contributed by atoms with Gasteiger partial charge in [-0.25, -0.2) is 0 Å². The van der Waals surface area contributed by atoms with E-state index in [0.717, 1.165) is 23.8 Å². The van der Waals surface area contributed by atoms with Gasteiger partial charge in [-0.1, -0.05) is 36.8 Å². The lowest BCUT2D eigenvalue weighted by molar-refractivity contribution is 0.247. The van der Waals surface area contributed by atoms with Gasteiger partial charge in [0.1, 0.15) is 0 Å². The topological polar surface area (TPSA) is 12.0 Å². The summed E-state index contributed by atoms with van der Waals surface area (Å²) < 4.78 is 0. The molecule has 0 aliphatic heterocycles. The van der Waals surface area contributed by atoms with E-state index in [2.05, 4.69) is 42.7 Å². The van der Waals surface area contributed by atoms with Crippen LogP contribution in [0.4, 0.5) is 0 Å². The van der Waals surface area contributed by atoms with E-state index in [0.29, 0.717) is 0 Å². The largest absolute Gasteiger partial charge is 0.317 e. The van der Waals surface area contributed by atoms with Crippen LogP contribution in [0.15, 0.2) is 30.3 Å². The molecule has 0 saturated heterocycles. The van der Waals surface area contributed by atoms with E-state index >= 15 is 0 Å². The normalized spacial score (nSPS) is 31.7. The number of hydrogen-bond donors (Lipinski definition) is 1.